The van der Waals surface area contributed by atoms with Gasteiger partial charge in [-0.05, 0) is 31.2 Å². The van der Waals surface area contributed by atoms with Gasteiger partial charge in [-0.1, -0.05) is 12.1 Å². The molecule has 124 valence electrons. The lowest BCUT2D eigenvalue weighted by Crippen LogP contribution is -2.35. The highest BCUT2D eigenvalue weighted by atomic mass is 19.3. The summed E-state index contributed by atoms with van der Waals surface area (Å²) in [6, 6.07) is 6.37. The maximum absolute atomic E-state index is 12.0. The average molecular weight is 316 g/mol. The second kappa shape index (κ2) is 10.1. The third kappa shape index (κ3) is 7.90. The van der Waals surface area contributed by atoms with Crippen LogP contribution in [0.15, 0.2) is 24.3 Å². The van der Waals surface area contributed by atoms with Crippen molar-refractivity contribution in [1.82, 2.24) is 10.2 Å². The van der Waals surface area contributed by atoms with Crippen LogP contribution in [0.3, 0.4) is 0 Å². The van der Waals surface area contributed by atoms with Gasteiger partial charge in [-0.15, -0.1) is 0 Å². The van der Waals surface area contributed by atoms with Gasteiger partial charge in [0, 0.05) is 26.8 Å². The molecule has 0 unspecified atom stereocenters. The van der Waals surface area contributed by atoms with Gasteiger partial charge in [-0.2, -0.15) is 8.78 Å². The smallest absolute Gasteiger partial charge is 0.387 e. The maximum Gasteiger partial charge on any atom is 0.387 e. The van der Waals surface area contributed by atoms with Gasteiger partial charge in [0.05, 0.1) is 6.54 Å². The lowest BCUT2D eigenvalue weighted by molar-refractivity contribution is -0.122. The number of methoxy groups -OCH3 is 1. The van der Waals surface area contributed by atoms with Crippen molar-refractivity contribution in [2.45, 2.75) is 19.6 Å². The molecule has 22 heavy (non-hydrogen) atoms. The first-order chi connectivity index (χ1) is 10.5. The molecule has 0 aliphatic carbocycles. The van der Waals surface area contributed by atoms with Gasteiger partial charge in [0.2, 0.25) is 5.91 Å². The van der Waals surface area contributed by atoms with E-state index in [1.807, 2.05) is 11.9 Å². The van der Waals surface area contributed by atoms with Crippen LogP contribution >= 0.6 is 0 Å². The molecule has 1 aromatic rings. The molecule has 0 aromatic heterocycles. The molecule has 0 aliphatic rings. The number of carbonyl (C=O) groups is 1. The third-order valence-corrected chi connectivity index (χ3v) is 2.86. The topological polar surface area (TPSA) is 50.8 Å². The number of carbonyl (C=O) groups excluding carboxylic acids is 1. The van der Waals surface area contributed by atoms with Crippen molar-refractivity contribution in [1.29, 1.82) is 0 Å². The highest BCUT2D eigenvalue weighted by Gasteiger charge is 2.08. The van der Waals surface area contributed by atoms with Gasteiger partial charge >= 0.3 is 6.61 Å². The van der Waals surface area contributed by atoms with Crippen molar-refractivity contribution in [3.63, 3.8) is 0 Å². The summed E-state index contributed by atoms with van der Waals surface area (Å²) in [5, 5.41) is 2.80. The fourth-order valence-electron chi connectivity index (χ4n) is 1.89. The lowest BCUT2D eigenvalue weighted by Gasteiger charge is -2.16. The van der Waals surface area contributed by atoms with Crippen molar-refractivity contribution < 1.29 is 23.0 Å². The first kappa shape index (κ1) is 18.3. The number of nitrogens with one attached hydrogen (secondary N) is 1. The standard InChI is InChI=1S/C15H22F2N2O3/c1-19(11-14(20)18-8-3-9-21-2)10-12-4-6-13(7-5-12)22-15(16)17/h4-7,15H,3,8-11H2,1-2H3,(H,18,20). The van der Waals surface area contributed by atoms with Gasteiger partial charge in [0.1, 0.15) is 5.75 Å². The minimum atomic E-state index is -2.82. The first-order valence-electron chi connectivity index (χ1n) is 6.99. The van der Waals surface area contributed by atoms with Gasteiger partial charge in [-0.3, -0.25) is 9.69 Å². The predicted octanol–water partition coefficient (Wildman–Crippen LogP) is 1.87. The van der Waals surface area contributed by atoms with E-state index in [4.69, 9.17) is 4.74 Å². The average Bonchev–Trinajstić information content (AvgIpc) is 2.45. The van der Waals surface area contributed by atoms with E-state index >= 15 is 0 Å². The maximum atomic E-state index is 12.0. The number of amides is 1. The summed E-state index contributed by atoms with van der Waals surface area (Å²) in [7, 11) is 3.44. The molecular formula is C15H22F2N2O3. The lowest BCUT2D eigenvalue weighted by atomic mass is 10.2. The quantitative estimate of drug-likeness (QED) is 0.670. The summed E-state index contributed by atoms with van der Waals surface area (Å²) in [5.74, 6) is 0.0635. The Labute approximate surface area is 129 Å². The molecule has 0 atom stereocenters. The molecule has 0 spiro atoms. The molecule has 0 heterocycles. The molecular weight excluding hydrogens is 294 g/mol. The molecule has 1 N–H and O–H groups in total. The molecule has 0 aliphatic heterocycles. The Kier molecular flexibility index (Phi) is 8.39. The number of likely N-dealkylation sites (N-methyl/N-ethyl adjacent to an activating group) is 1. The zero-order chi connectivity index (χ0) is 16.4. The Morgan fingerprint density at radius 3 is 2.59 bits per heavy atom. The van der Waals surface area contributed by atoms with E-state index in [9.17, 15) is 13.6 Å². The number of ether oxygens (including phenoxy) is 2. The highest BCUT2D eigenvalue weighted by Crippen LogP contribution is 2.15. The highest BCUT2D eigenvalue weighted by molar-refractivity contribution is 5.77. The third-order valence-electron chi connectivity index (χ3n) is 2.86. The van der Waals surface area contributed by atoms with Crippen LogP contribution in [0.25, 0.3) is 0 Å². The fourth-order valence-corrected chi connectivity index (χ4v) is 1.89. The SMILES string of the molecule is COCCCNC(=O)CN(C)Cc1ccc(OC(F)F)cc1. The molecule has 0 fully saturated rings. The van der Waals surface area contributed by atoms with E-state index in [0.29, 0.717) is 19.7 Å². The number of halogens is 2. The Morgan fingerprint density at radius 2 is 2.00 bits per heavy atom. The molecule has 0 saturated heterocycles. The minimum Gasteiger partial charge on any atom is -0.435 e. The zero-order valence-corrected chi connectivity index (χ0v) is 12.9. The largest absolute Gasteiger partial charge is 0.435 e. The number of hydrogen-bond donors (Lipinski definition) is 1. The van der Waals surface area contributed by atoms with Crippen LogP contribution in [0.2, 0.25) is 0 Å². The molecule has 0 bridgehead atoms. The van der Waals surface area contributed by atoms with E-state index < -0.39 is 6.61 Å². The Bertz CT molecular complexity index is 441. The predicted molar refractivity (Wildman–Crippen MR) is 78.9 cm³/mol. The summed E-state index contributed by atoms with van der Waals surface area (Å²) in [6.45, 7) is -0.818. The first-order valence-corrected chi connectivity index (χ1v) is 6.99. The number of alkyl halides is 2. The van der Waals surface area contributed by atoms with E-state index in [2.05, 4.69) is 10.1 Å². The summed E-state index contributed by atoms with van der Waals surface area (Å²) < 4.78 is 33.3. The number of nitrogens with zero attached hydrogens (tertiary/aromatic N) is 1. The van der Waals surface area contributed by atoms with Crippen LogP contribution in [0.4, 0.5) is 8.78 Å². The second-order valence-electron chi connectivity index (χ2n) is 4.89. The van der Waals surface area contributed by atoms with E-state index in [1.54, 1.807) is 19.2 Å². The number of rotatable bonds is 10. The normalized spacial score (nSPS) is 11.0. The van der Waals surface area contributed by atoms with Crippen LogP contribution in [0.1, 0.15) is 12.0 Å². The van der Waals surface area contributed by atoms with Crippen molar-refractivity contribution in [2.75, 3.05) is 33.9 Å². The Hall–Kier alpha value is -1.73. The van der Waals surface area contributed by atoms with E-state index in [0.717, 1.165) is 12.0 Å². The van der Waals surface area contributed by atoms with Crippen LogP contribution in [0, 0.1) is 0 Å². The van der Waals surface area contributed by atoms with Crippen LogP contribution in [-0.4, -0.2) is 51.3 Å². The summed E-state index contributed by atoms with van der Waals surface area (Å²) >= 11 is 0. The van der Waals surface area contributed by atoms with Crippen LogP contribution in [-0.2, 0) is 16.1 Å². The molecule has 0 saturated carbocycles. The molecule has 0 radical (unpaired) electrons. The summed E-state index contributed by atoms with van der Waals surface area (Å²) in [5.41, 5.74) is 0.913. The van der Waals surface area contributed by atoms with Gasteiger partial charge in [0.25, 0.3) is 0 Å². The summed E-state index contributed by atoms with van der Waals surface area (Å²) in [6.07, 6.45) is 0.775. The number of hydrogen-bond acceptors (Lipinski definition) is 4. The van der Waals surface area contributed by atoms with Crippen molar-refractivity contribution in [3.05, 3.63) is 29.8 Å². The van der Waals surface area contributed by atoms with E-state index in [-0.39, 0.29) is 18.2 Å². The van der Waals surface area contributed by atoms with Gasteiger partial charge in [-0.25, -0.2) is 0 Å². The molecule has 1 aromatic carbocycles. The second-order valence-corrected chi connectivity index (χ2v) is 4.89. The van der Waals surface area contributed by atoms with Crippen LogP contribution < -0.4 is 10.1 Å². The monoisotopic (exact) mass is 316 g/mol. The molecule has 1 rings (SSSR count). The van der Waals surface area contributed by atoms with Crippen molar-refractivity contribution in [2.24, 2.45) is 0 Å². The molecule has 5 nitrogen and oxygen atoms in total. The molecule has 1 amide bonds. The zero-order valence-electron chi connectivity index (χ0n) is 12.9. The van der Waals surface area contributed by atoms with Crippen molar-refractivity contribution >= 4 is 5.91 Å². The van der Waals surface area contributed by atoms with Gasteiger partial charge in [0.15, 0.2) is 0 Å². The minimum absolute atomic E-state index is 0.0590. The number of benzene rings is 1. The Balaban J connectivity index is 2.31. The van der Waals surface area contributed by atoms with Gasteiger partial charge < -0.3 is 14.8 Å². The van der Waals surface area contributed by atoms with E-state index in [1.165, 1.54) is 12.1 Å². The fraction of sp³-hybridized carbons (Fsp3) is 0.533. The Morgan fingerprint density at radius 1 is 1.32 bits per heavy atom. The molecule has 7 heteroatoms. The van der Waals surface area contributed by atoms with Crippen molar-refractivity contribution in [3.8, 4) is 5.75 Å². The summed E-state index contributed by atoms with van der Waals surface area (Å²) in [4.78, 5) is 13.5. The van der Waals surface area contributed by atoms with Crippen LogP contribution in [0.5, 0.6) is 5.75 Å².